The third-order valence-corrected chi connectivity index (χ3v) is 1.50. The van der Waals surface area contributed by atoms with Gasteiger partial charge in [-0.2, -0.15) is 0 Å². The maximum absolute atomic E-state index is 5.36. The van der Waals surface area contributed by atoms with Crippen molar-refractivity contribution >= 4 is 5.82 Å². The molecule has 12 heavy (non-hydrogen) atoms. The number of hydrogen-bond acceptors (Lipinski definition) is 4. The maximum Gasteiger partial charge on any atom is 0.144 e. The smallest absolute Gasteiger partial charge is 0.144 e. The highest BCUT2D eigenvalue weighted by atomic mass is 15.4. The zero-order valence-corrected chi connectivity index (χ0v) is 7.32. The van der Waals surface area contributed by atoms with Gasteiger partial charge in [0, 0.05) is 19.6 Å². The fourth-order valence-corrected chi connectivity index (χ4v) is 0.972. The minimum atomic E-state index is 0.622. The van der Waals surface area contributed by atoms with E-state index < -0.39 is 0 Å². The van der Waals surface area contributed by atoms with Crippen LogP contribution in [0.1, 0.15) is 13.3 Å². The Kier molecular flexibility index (Phi) is 3.53. The van der Waals surface area contributed by atoms with Crippen LogP contribution in [0.25, 0.3) is 0 Å². The van der Waals surface area contributed by atoms with E-state index in [9.17, 15) is 0 Å². The Labute approximate surface area is 71.9 Å². The standard InChI is InChI=1S/C7H15N5/c1-2-5-12-7(6-10-11-12)9-4-3-8/h6,9H,2-5,8H2,1H3. The van der Waals surface area contributed by atoms with E-state index in [1.807, 2.05) is 4.68 Å². The van der Waals surface area contributed by atoms with Gasteiger partial charge >= 0.3 is 0 Å². The van der Waals surface area contributed by atoms with E-state index in [4.69, 9.17) is 5.73 Å². The van der Waals surface area contributed by atoms with Gasteiger partial charge in [-0.15, -0.1) is 5.10 Å². The SMILES string of the molecule is CCCn1nncc1NCCN. The second-order valence-corrected chi connectivity index (χ2v) is 2.56. The molecule has 1 aromatic heterocycles. The minimum Gasteiger partial charge on any atom is -0.368 e. The van der Waals surface area contributed by atoms with Gasteiger partial charge in [0.05, 0.1) is 6.20 Å². The van der Waals surface area contributed by atoms with Crippen LogP contribution in [0.2, 0.25) is 0 Å². The van der Waals surface area contributed by atoms with E-state index in [1.165, 1.54) is 0 Å². The molecule has 1 aromatic rings. The first-order valence-corrected chi connectivity index (χ1v) is 4.21. The van der Waals surface area contributed by atoms with Crippen LogP contribution in [0.15, 0.2) is 6.20 Å². The number of anilines is 1. The van der Waals surface area contributed by atoms with Gasteiger partial charge in [-0.3, -0.25) is 0 Å². The number of hydrogen-bond donors (Lipinski definition) is 2. The fourth-order valence-electron chi connectivity index (χ4n) is 0.972. The average Bonchev–Trinajstić information content (AvgIpc) is 2.50. The Bertz CT molecular complexity index is 219. The first-order valence-electron chi connectivity index (χ1n) is 4.21. The largest absolute Gasteiger partial charge is 0.368 e. The van der Waals surface area contributed by atoms with E-state index in [0.29, 0.717) is 6.54 Å². The first-order chi connectivity index (χ1) is 5.88. The summed E-state index contributed by atoms with van der Waals surface area (Å²) in [7, 11) is 0. The van der Waals surface area contributed by atoms with Gasteiger partial charge < -0.3 is 11.1 Å². The summed E-state index contributed by atoms with van der Waals surface area (Å²) in [5.41, 5.74) is 5.36. The summed E-state index contributed by atoms with van der Waals surface area (Å²) in [6.07, 6.45) is 2.77. The predicted octanol–water partition coefficient (Wildman–Crippen LogP) is 0.0587. The van der Waals surface area contributed by atoms with Crippen molar-refractivity contribution in [2.24, 2.45) is 5.73 Å². The molecule has 0 aliphatic heterocycles. The highest BCUT2D eigenvalue weighted by Crippen LogP contribution is 2.03. The van der Waals surface area contributed by atoms with Crippen LogP contribution in [-0.4, -0.2) is 28.1 Å². The van der Waals surface area contributed by atoms with Crippen molar-refractivity contribution in [2.75, 3.05) is 18.4 Å². The molecular weight excluding hydrogens is 154 g/mol. The van der Waals surface area contributed by atoms with Crippen LogP contribution in [-0.2, 0) is 6.54 Å². The molecule has 0 atom stereocenters. The summed E-state index contributed by atoms with van der Waals surface area (Å²) >= 11 is 0. The molecule has 0 saturated heterocycles. The number of nitrogens with zero attached hydrogens (tertiary/aromatic N) is 3. The first kappa shape index (κ1) is 8.99. The fraction of sp³-hybridized carbons (Fsp3) is 0.714. The Morgan fingerprint density at radius 3 is 3.17 bits per heavy atom. The van der Waals surface area contributed by atoms with Gasteiger partial charge in [0.2, 0.25) is 0 Å². The van der Waals surface area contributed by atoms with Crippen molar-refractivity contribution < 1.29 is 0 Å². The molecule has 3 N–H and O–H groups in total. The number of nitrogens with two attached hydrogens (primary N) is 1. The van der Waals surface area contributed by atoms with E-state index in [-0.39, 0.29) is 0 Å². The number of nitrogens with one attached hydrogen (secondary N) is 1. The van der Waals surface area contributed by atoms with Crippen molar-refractivity contribution in [2.45, 2.75) is 19.9 Å². The highest BCUT2D eigenvalue weighted by Gasteiger charge is 1.99. The molecular formula is C7H15N5. The van der Waals surface area contributed by atoms with E-state index >= 15 is 0 Å². The molecule has 0 aliphatic rings. The molecule has 0 unspecified atom stereocenters. The van der Waals surface area contributed by atoms with Crippen molar-refractivity contribution in [1.29, 1.82) is 0 Å². The predicted molar refractivity (Wildman–Crippen MR) is 47.9 cm³/mol. The molecule has 1 rings (SSSR count). The molecule has 0 bridgehead atoms. The zero-order valence-electron chi connectivity index (χ0n) is 7.32. The molecule has 1 heterocycles. The summed E-state index contributed by atoms with van der Waals surface area (Å²) in [6, 6.07) is 0. The molecule has 68 valence electrons. The quantitative estimate of drug-likeness (QED) is 0.654. The number of aromatic nitrogens is 3. The molecule has 0 fully saturated rings. The molecule has 0 aliphatic carbocycles. The molecule has 0 spiro atoms. The molecule has 0 amide bonds. The van der Waals surface area contributed by atoms with Gasteiger partial charge in [0.25, 0.3) is 0 Å². The van der Waals surface area contributed by atoms with Crippen LogP contribution in [0.5, 0.6) is 0 Å². The lowest BCUT2D eigenvalue weighted by atomic mass is 10.5. The molecule has 5 heteroatoms. The monoisotopic (exact) mass is 169 g/mol. The summed E-state index contributed by atoms with van der Waals surface area (Å²) in [5, 5.41) is 10.9. The van der Waals surface area contributed by atoms with Crippen LogP contribution in [0, 0.1) is 0 Å². The molecule has 0 radical (unpaired) electrons. The lowest BCUT2D eigenvalue weighted by Crippen LogP contribution is -2.15. The van der Waals surface area contributed by atoms with Crippen molar-refractivity contribution in [1.82, 2.24) is 15.0 Å². The van der Waals surface area contributed by atoms with Gasteiger partial charge in [0.1, 0.15) is 5.82 Å². The minimum absolute atomic E-state index is 0.622. The lowest BCUT2D eigenvalue weighted by molar-refractivity contribution is 0.583. The second-order valence-electron chi connectivity index (χ2n) is 2.56. The van der Waals surface area contributed by atoms with Crippen LogP contribution >= 0.6 is 0 Å². The molecule has 0 aromatic carbocycles. The molecule has 5 nitrogen and oxygen atoms in total. The van der Waals surface area contributed by atoms with Crippen molar-refractivity contribution in [3.63, 3.8) is 0 Å². The Morgan fingerprint density at radius 2 is 2.50 bits per heavy atom. The van der Waals surface area contributed by atoms with Crippen molar-refractivity contribution in [3.05, 3.63) is 6.20 Å². The van der Waals surface area contributed by atoms with E-state index in [0.717, 1.165) is 25.3 Å². The zero-order chi connectivity index (χ0) is 8.81. The van der Waals surface area contributed by atoms with Crippen LogP contribution < -0.4 is 11.1 Å². The Balaban J connectivity index is 2.51. The van der Waals surface area contributed by atoms with E-state index in [2.05, 4.69) is 22.6 Å². The third kappa shape index (κ3) is 2.20. The summed E-state index contributed by atoms with van der Waals surface area (Å²) in [4.78, 5) is 0. The van der Waals surface area contributed by atoms with Gasteiger partial charge in [-0.25, -0.2) is 4.68 Å². The number of rotatable bonds is 5. The average molecular weight is 169 g/mol. The van der Waals surface area contributed by atoms with Crippen molar-refractivity contribution in [3.8, 4) is 0 Å². The molecule has 0 saturated carbocycles. The lowest BCUT2D eigenvalue weighted by Gasteiger charge is -2.05. The summed E-state index contributed by atoms with van der Waals surface area (Å²) < 4.78 is 1.84. The van der Waals surface area contributed by atoms with Gasteiger partial charge in [-0.05, 0) is 6.42 Å². The Hall–Kier alpha value is -1.10. The third-order valence-electron chi connectivity index (χ3n) is 1.50. The second kappa shape index (κ2) is 4.71. The van der Waals surface area contributed by atoms with E-state index in [1.54, 1.807) is 6.20 Å². The van der Waals surface area contributed by atoms with Crippen LogP contribution in [0.4, 0.5) is 5.82 Å². The maximum atomic E-state index is 5.36. The van der Waals surface area contributed by atoms with Gasteiger partial charge in [0.15, 0.2) is 0 Å². The summed E-state index contributed by atoms with van der Waals surface area (Å²) in [5.74, 6) is 0.947. The highest BCUT2D eigenvalue weighted by molar-refractivity contribution is 5.30. The topological polar surface area (TPSA) is 68.8 Å². The normalized spacial score (nSPS) is 10.2. The van der Waals surface area contributed by atoms with Gasteiger partial charge in [-0.1, -0.05) is 12.1 Å². The number of aryl methyl sites for hydroxylation is 1. The van der Waals surface area contributed by atoms with Crippen LogP contribution in [0.3, 0.4) is 0 Å². The summed E-state index contributed by atoms with van der Waals surface area (Å²) in [6.45, 7) is 4.38. The Morgan fingerprint density at radius 1 is 1.67 bits per heavy atom.